The number of amides is 1. The van der Waals surface area contributed by atoms with E-state index in [-0.39, 0.29) is 10.6 Å². The lowest BCUT2D eigenvalue weighted by Gasteiger charge is -2.47. The summed E-state index contributed by atoms with van der Waals surface area (Å²) < 4.78 is 13.0. The Morgan fingerprint density at radius 2 is 1.98 bits per heavy atom. The number of aromatic nitrogens is 3. The van der Waals surface area contributed by atoms with Gasteiger partial charge in [-0.3, -0.25) is 4.79 Å². The molecule has 3 aromatic rings. The summed E-state index contributed by atoms with van der Waals surface area (Å²) in [7, 11) is 1.36. The molecule has 0 radical (unpaired) electrons. The van der Waals surface area contributed by atoms with Gasteiger partial charge >= 0.3 is 0 Å². The van der Waals surface area contributed by atoms with Crippen LogP contribution in [0.5, 0.6) is 0 Å². The quantitative estimate of drug-likeness (QED) is 0.361. The lowest BCUT2D eigenvalue weighted by Crippen LogP contribution is -2.64. The number of benzene rings is 2. The molecule has 1 aromatic heterocycles. The lowest BCUT2D eigenvalue weighted by molar-refractivity contribution is -0.211. The van der Waals surface area contributed by atoms with Gasteiger partial charge in [-0.05, 0) is 43.2 Å². The van der Waals surface area contributed by atoms with Gasteiger partial charge in [0.05, 0.1) is 46.6 Å². The first kappa shape index (κ1) is 29.7. The lowest BCUT2D eigenvalue weighted by atomic mass is 9.85. The van der Waals surface area contributed by atoms with Crippen molar-refractivity contribution in [3.05, 3.63) is 63.2 Å². The number of aliphatic hydroxyl groups is 3. The number of carbonyl (C=O) groups excluding carboxylic acids is 1. The van der Waals surface area contributed by atoms with E-state index >= 15 is 0 Å². The first-order valence-electron chi connectivity index (χ1n) is 12.7. The first-order chi connectivity index (χ1) is 19.7. The zero-order valence-electron chi connectivity index (χ0n) is 21.6. The molecule has 41 heavy (non-hydrogen) atoms. The largest absolute Gasteiger partial charge is 0.394 e. The molecule has 1 aliphatic carbocycles. The number of anilines is 1. The summed E-state index contributed by atoms with van der Waals surface area (Å²) in [4.78, 5) is 15.6. The highest BCUT2D eigenvalue weighted by atomic mass is 35.5. The monoisotopic (exact) mass is 621 g/mol. The molecule has 7 atom stereocenters. The van der Waals surface area contributed by atoms with E-state index in [9.17, 15) is 25.4 Å². The molecular weight excluding hydrogens is 597 g/mol. The molecule has 5 rings (SSSR count). The Labute approximate surface area is 250 Å². The minimum atomic E-state index is -1.35. The number of nitrogens with zero attached hydrogens (tertiary/aromatic N) is 5. The van der Waals surface area contributed by atoms with Crippen LogP contribution in [0.25, 0.3) is 11.3 Å². The molecule has 1 amide bonds. The Bertz CT molecular complexity index is 1480. The Morgan fingerprint density at radius 1 is 1.20 bits per heavy atom. The Balaban J connectivity index is 1.53. The minimum absolute atomic E-state index is 0.228. The van der Waals surface area contributed by atoms with Gasteiger partial charge in [0.15, 0.2) is 6.10 Å². The van der Waals surface area contributed by atoms with Crippen LogP contribution in [0.15, 0.2) is 42.6 Å². The predicted octanol–water partition coefficient (Wildman–Crippen LogP) is 3.01. The standard InChI is InChI=1S/C27H26Cl3N5O6/c1-40-25-23(34-11-19(32-33-34)14-2-3-17(29)18(30)8-14)24(38)22(12-36)41-26(25)27(39)35(20-4-5-21(20)37)16-7-13(10-31)6-15(28)9-16/h2-3,6-9,11,20-26,36-38H,4-5,12H2,1H3/t20-,21-,22-,23+,24+,25-,26-/m1/s1. The summed E-state index contributed by atoms with van der Waals surface area (Å²) in [6.45, 7) is -0.603. The van der Waals surface area contributed by atoms with E-state index in [0.717, 1.165) is 0 Å². The van der Waals surface area contributed by atoms with Crippen LogP contribution in [-0.2, 0) is 14.3 Å². The highest BCUT2D eigenvalue weighted by Crippen LogP contribution is 2.38. The van der Waals surface area contributed by atoms with Gasteiger partial charge in [-0.15, -0.1) is 5.10 Å². The molecule has 1 aliphatic heterocycles. The molecule has 1 saturated carbocycles. The van der Waals surface area contributed by atoms with E-state index in [0.29, 0.717) is 39.8 Å². The molecule has 1 saturated heterocycles. The maximum atomic E-state index is 14.2. The van der Waals surface area contributed by atoms with E-state index in [1.807, 2.05) is 6.07 Å². The van der Waals surface area contributed by atoms with Crippen molar-refractivity contribution in [3.8, 4) is 17.3 Å². The Hall–Kier alpha value is -2.79. The Morgan fingerprint density at radius 3 is 2.59 bits per heavy atom. The zero-order chi connectivity index (χ0) is 29.4. The molecule has 14 heteroatoms. The van der Waals surface area contributed by atoms with Crippen LogP contribution in [0.1, 0.15) is 24.4 Å². The molecule has 216 valence electrons. The van der Waals surface area contributed by atoms with Crippen molar-refractivity contribution in [2.45, 2.75) is 55.4 Å². The molecule has 2 heterocycles. The van der Waals surface area contributed by atoms with Gasteiger partial charge < -0.3 is 29.7 Å². The summed E-state index contributed by atoms with van der Waals surface area (Å²) in [5, 5.41) is 50.6. The van der Waals surface area contributed by atoms with Gasteiger partial charge in [-0.1, -0.05) is 46.1 Å². The normalized spacial score (nSPS) is 27.6. The fraction of sp³-hybridized carbons (Fsp3) is 0.407. The van der Waals surface area contributed by atoms with Crippen molar-refractivity contribution in [2.24, 2.45) is 0 Å². The smallest absolute Gasteiger partial charge is 0.259 e. The van der Waals surface area contributed by atoms with Gasteiger partial charge in [-0.2, -0.15) is 5.26 Å². The molecule has 2 aromatic carbocycles. The minimum Gasteiger partial charge on any atom is -0.394 e. The highest BCUT2D eigenvalue weighted by molar-refractivity contribution is 6.42. The van der Waals surface area contributed by atoms with Crippen molar-refractivity contribution >= 4 is 46.4 Å². The van der Waals surface area contributed by atoms with Crippen LogP contribution in [0, 0.1) is 11.3 Å². The van der Waals surface area contributed by atoms with Crippen LogP contribution < -0.4 is 4.90 Å². The molecule has 2 aliphatic rings. The van der Waals surface area contributed by atoms with Crippen molar-refractivity contribution in [1.29, 1.82) is 5.26 Å². The molecule has 0 spiro atoms. The van der Waals surface area contributed by atoms with E-state index < -0.39 is 55.1 Å². The second kappa shape index (κ2) is 12.2. The number of rotatable bonds is 7. The van der Waals surface area contributed by atoms with E-state index in [2.05, 4.69) is 10.3 Å². The number of hydrogen-bond acceptors (Lipinski definition) is 9. The SMILES string of the molecule is CO[C@@H]1[C@@H](n2cc(-c3ccc(Cl)c(Cl)c3)nn2)[C@@H](O)[C@@H](CO)O[C@H]1C(=O)N(c1cc(Cl)cc(C#N)c1)[C@@H]1CC[C@H]1O. The molecular formula is C27H26Cl3N5O6. The van der Waals surface area contributed by atoms with Crippen molar-refractivity contribution in [3.63, 3.8) is 0 Å². The fourth-order valence-corrected chi connectivity index (χ4v) is 5.76. The number of ether oxygens (including phenoxy) is 2. The summed E-state index contributed by atoms with van der Waals surface area (Å²) in [6, 6.07) is 9.83. The van der Waals surface area contributed by atoms with Gasteiger partial charge in [0.25, 0.3) is 5.91 Å². The molecule has 3 N–H and O–H groups in total. The fourth-order valence-electron chi connectivity index (χ4n) is 5.23. The van der Waals surface area contributed by atoms with Crippen LogP contribution in [0.3, 0.4) is 0 Å². The average molecular weight is 623 g/mol. The topological polar surface area (TPSA) is 154 Å². The highest BCUT2D eigenvalue weighted by Gasteiger charge is 2.52. The number of halogens is 3. The third-order valence-corrected chi connectivity index (χ3v) is 8.43. The van der Waals surface area contributed by atoms with Crippen LogP contribution in [0.4, 0.5) is 5.69 Å². The third kappa shape index (κ3) is 5.67. The molecule has 2 fully saturated rings. The summed E-state index contributed by atoms with van der Waals surface area (Å²) in [5.41, 5.74) is 1.56. The van der Waals surface area contributed by atoms with Crippen LogP contribution >= 0.6 is 34.8 Å². The summed E-state index contributed by atoms with van der Waals surface area (Å²) >= 11 is 18.5. The molecule has 11 nitrogen and oxygen atoms in total. The maximum Gasteiger partial charge on any atom is 0.259 e. The number of carbonyl (C=O) groups is 1. The van der Waals surface area contributed by atoms with Crippen molar-refractivity contribution < 1.29 is 29.6 Å². The zero-order valence-corrected chi connectivity index (χ0v) is 23.9. The number of hydrogen-bond donors (Lipinski definition) is 3. The van der Waals surface area contributed by atoms with Gasteiger partial charge in [0.2, 0.25) is 0 Å². The van der Waals surface area contributed by atoms with Gasteiger partial charge in [0.1, 0.15) is 30.0 Å². The second-order valence-corrected chi connectivity index (χ2v) is 11.2. The van der Waals surface area contributed by atoms with E-state index in [1.165, 1.54) is 34.9 Å². The maximum absolute atomic E-state index is 14.2. The van der Waals surface area contributed by atoms with Crippen LogP contribution in [0.2, 0.25) is 15.1 Å². The Kier molecular flexibility index (Phi) is 8.84. The second-order valence-electron chi connectivity index (χ2n) is 9.90. The number of methoxy groups -OCH3 is 1. The van der Waals surface area contributed by atoms with Crippen molar-refractivity contribution in [2.75, 3.05) is 18.6 Å². The van der Waals surface area contributed by atoms with E-state index in [1.54, 1.807) is 24.4 Å². The van der Waals surface area contributed by atoms with Gasteiger partial charge in [-0.25, -0.2) is 4.68 Å². The van der Waals surface area contributed by atoms with Gasteiger partial charge in [0, 0.05) is 23.4 Å². The first-order valence-corrected chi connectivity index (χ1v) is 13.9. The predicted molar refractivity (Wildman–Crippen MR) is 150 cm³/mol. The summed E-state index contributed by atoms with van der Waals surface area (Å²) in [5.74, 6) is -0.605. The number of nitriles is 1. The molecule has 0 bridgehead atoms. The summed E-state index contributed by atoms with van der Waals surface area (Å²) in [6.07, 6.45) is -3.24. The molecule has 0 unspecified atom stereocenters. The van der Waals surface area contributed by atoms with Crippen molar-refractivity contribution in [1.82, 2.24) is 15.0 Å². The number of aliphatic hydroxyl groups excluding tert-OH is 3. The average Bonchev–Trinajstić information content (AvgIpc) is 3.45. The van der Waals surface area contributed by atoms with Crippen LogP contribution in [-0.4, -0.2) is 86.5 Å². The van der Waals surface area contributed by atoms with E-state index in [4.69, 9.17) is 44.3 Å². The third-order valence-electron chi connectivity index (χ3n) is 7.48.